The first-order chi connectivity index (χ1) is 5.75. The fraction of sp³-hybridized carbons (Fsp3) is 0.364. The Balaban J connectivity index is 2.47. The van der Waals surface area contributed by atoms with Crippen molar-refractivity contribution in [2.24, 2.45) is 5.92 Å². The monoisotopic (exact) mass is 159 g/mol. The molecule has 1 aliphatic rings. The highest BCUT2D eigenvalue weighted by Gasteiger charge is 2.10. The molecular formula is C11H13N. The lowest BCUT2D eigenvalue weighted by atomic mass is 9.93. The van der Waals surface area contributed by atoms with Crippen LogP contribution < -0.4 is 0 Å². The van der Waals surface area contributed by atoms with Gasteiger partial charge >= 0.3 is 0 Å². The molecule has 1 unspecified atom stereocenters. The van der Waals surface area contributed by atoms with Crippen LogP contribution in [0.15, 0.2) is 18.3 Å². The molecule has 0 spiro atoms. The molecule has 0 saturated carbocycles. The van der Waals surface area contributed by atoms with Gasteiger partial charge in [0.25, 0.3) is 0 Å². The normalized spacial score (nSPS) is 20.7. The van der Waals surface area contributed by atoms with E-state index in [4.69, 9.17) is 0 Å². The van der Waals surface area contributed by atoms with Gasteiger partial charge in [0, 0.05) is 6.20 Å². The molecular weight excluding hydrogens is 146 g/mol. The van der Waals surface area contributed by atoms with Crippen LogP contribution in [0.4, 0.5) is 0 Å². The second-order valence-corrected chi connectivity index (χ2v) is 3.60. The molecule has 12 heavy (non-hydrogen) atoms. The van der Waals surface area contributed by atoms with Gasteiger partial charge in [0.2, 0.25) is 0 Å². The molecule has 1 aromatic heterocycles. The molecule has 0 bridgehead atoms. The number of rotatable bonds is 0. The molecule has 1 aliphatic carbocycles. The molecule has 0 aliphatic heterocycles. The Morgan fingerprint density at radius 2 is 2.33 bits per heavy atom. The van der Waals surface area contributed by atoms with Crippen LogP contribution in [0, 0.1) is 12.8 Å². The van der Waals surface area contributed by atoms with Gasteiger partial charge < -0.3 is 0 Å². The van der Waals surface area contributed by atoms with Gasteiger partial charge in [0.05, 0.1) is 5.69 Å². The summed E-state index contributed by atoms with van der Waals surface area (Å²) in [6, 6.07) is 2.24. The van der Waals surface area contributed by atoms with Crippen LogP contribution in [-0.2, 0) is 6.42 Å². The fourth-order valence-electron chi connectivity index (χ4n) is 1.62. The van der Waals surface area contributed by atoms with Gasteiger partial charge in [0.15, 0.2) is 0 Å². The summed E-state index contributed by atoms with van der Waals surface area (Å²) in [5, 5.41) is 0. The molecule has 1 heterocycles. The molecule has 1 nitrogen and oxygen atoms in total. The average molecular weight is 159 g/mol. The number of hydrogen-bond acceptors (Lipinski definition) is 1. The maximum absolute atomic E-state index is 4.37. The van der Waals surface area contributed by atoms with Crippen molar-refractivity contribution in [3.05, 3.63) is 35.2 Å². The van der Waals surface area contributed by atoms with Crippen molar-refractivity contribution in [3.8, 4) is 0 Å². The number of aryl methyl sites for hydroxylation is 1. The van der Waals surface area contributed by atoms with E-state index in [1.165, 1.54) is 11.1 Å². The smallest absolute Gasteiger partial charge is 0.0658 e. The zero-order chi connectivity index (χ0) is 8.55. The zero-order valence-corrected chi connectivity index (χ0v) is 7.54. The van der Waals surface area contributed by atoms with Crippen molar-refractivity contribution in [1.82, 2.24) is 4.98 Å². The Labute approximate surface area is 73.1 Å². The Hall–Kier alpha value is -1.11. The van der Waals surface area contributed by atoms with Crippen LogP contribution in [0.3, 0.4) is 0 Å². The van der Waals surface area contributed by atoms with E-state index >= 15 is 0 Å². The maximum atomic E-state index is 4.37. The lowest BCUT2D eigenvalue weighted by Crippen LogP contribution is -2.04. The molecule has 0 aromatic carbocycles. The summed E-state index contributed by atoms with van der Waals surface area (Å²) >= 11 is 0. The van der Waals surface area contributed by atoms with Crippen molar-refractivity contribution in [1.29, 1.82) is 0 Å². The standard InChI is InChI=1S/C11H13N/c1-8-3-4-11-10(5-8)6-9(2)7-12-11/h3-4,6-8H,5H2,1-2H3. The third-order valence-electron chi connectivity index (χ3n) is 2.26. The third kappa shape index (κ3) is 1.27. The van der Waals surface area contributed by atoms with Gasteiger partial charge in [-0.1, -0.05) is 19.1 Å². The van der Waals surface area contributed by atoms with Crippen molar-refractivity contribution < 1.29 is 0 Å². The van der Waals surface area contributed by atoms with Crippen LogP contribution in [0.2, 0.25) is 0 Å². The number of nitrogens with zero attached hydrogens (tertiary/aromatic N) is 1. The van der Waals surface area contributed by atoms with E-state index in [2.05, 4.69) is 37.0 Å². The molecule has 2 rings (SSSR count). The number of pyridine rings is 1. The summed E-state index contributed by atoms with van der Waals surface area (Å²) in [6.07, 6.45) is 7.42. The minimum atomic E-state index is 0.668. The van der Waals surface area contributed by atoms with Crippen LogP contribution in [0.1, 0.15) is 23.7 Å². The molecule has 0 amide bonds. The van der Waals surface area contributed by atoms with Gasteiger partial charge in [-0.25, -0.2) is 0 Å². The highest BCUT2D eigenvalue weighted by atomic mass is 14.7. The Morgan fingerprint density at radius 3 is 3.17 bits per heavy atom. The fourth-order valence-corrected chi connectivity index (χ4v) is 1.62. The molecule has 1 heteroatoms. The molecule has 0 N–H and O–H groups in total. The topological polar surface area (TPSA) is 12.9 Å². The van der Waals surface area contributed by atoms with E-state index in [1.54, 1.807) is 0 Å². The lowest BCUT2D eigenvalue weighted by Gasteiger charge is -2.14. The van der Waals surface area contributed by atoms with Gasteiger partial charge in [0.1, 0.15) is 0 Å². The van der Waals surface area contributed by atoms with Gasteiger partial charge in [-0.3, -0.25) is 4.98 Å². The second kappa shape index (κ2) is 2.74. The van der Waals surface area contributed by atoms with Crippen LogP contribution >= 0.6 is 0 Å². The summed E-state index contributed by atoms with van der Waals surface area (Å²) in [6.45, 7) is 4.33. The highest BCUT2D eigenvalue weighted by Crippen LogP contribution is 2.21. The average Bonchev–Trinajstić information content (AvgIpc) is 2.03. The van der Waals surface area contributed by atoms with Crippen molar-refractivity contribution in [2.75, 3.05) is 0 Å². The minimum absolute atomic E-state index is 0.668. The summed E-state index contributed by atoms with van der Waals surface area (Å²) in [5.41, 5.74) is 3.81. The van der Waals surface area contributed by atoms with Gasteiger partial charge in [-0.2, -0.15) is 0 Å². The third-order valence-corrected chi connectivity index (χ3v) is 2.26. The summed E-state index contributed by atoms with van der Waals surface area (Å²) in [4.78, 5) is 4.37. The predicted molar refractivity (Wildman–Crippen MR) is 50.9 cm³/mol. The van der Waals surface area contributed by atoms with E-state index < -0.39 is 0 Å². The Kier molecular flexibility index (Phi) is 1.72. The van der Waals surface area contributed by atoms with E-state index in [0.29, 0.717) is 5.92 Å². The number of allylic oxidation sites excluding steroid dienone is 1. The summed E-state index contributed by atoms with van der Waals surface area (Å²) in [7, 11) is 0. The zero-order valence-electron chi connectivity index (χ0n) is 7.54. The van der Waals surface area contributed by atoms with Crippen LogP contribution in [0.5, 0.6) is 0 Å². The Morgan fingerprint density at radius 1 is 1.50 bits per heavy atom. The van der Waals surface area contributed by atoms with Crippen molar-refractivity contribution in [3.63, 3.8) is 0 Å². The van der Waals surface area contributed by atoms with E-state index in [1.807, 2.05) is 6.20 Å². The predicted octanol–water partition coefficient (Wildman–Crippen LogP) is 2.60. The number of fused-ring (bicyclic) bond motifs is 1. The molecule has 0 saturated heterocycles. The minimum Gasteiger partial charge on any atom is -0.256 e. The summed E-state index contributed by atoms with van der Waals surface area (Å²) in [5.74, 6) is 0.668. The first kappa shape index (κ1) is 7.53. The largest absolute Gasteiger partial charge is 0.256 e. The molecule has 0 fully saturated rings. The van der Waals surface area contributed by atoms with Crippen molar-refractivity contribution in [2.45, 2.75) is 20.3 Å². The van der Waals surface area contributed by atoms with Crippen molar-refractivity contribution >= 4 is 6.08 Å². The molecule has 1 aromatic rings. The SMILES string of the molecule is Cc1cnc2c(c1)CC(C)C=C2. The van der Waals surface area contributed by atoms with E-state index in [-0.39, 0.29) is 0 Å². The molecule has 1 atom stereocenters. The summed E-state index contributed by atoms with van der Waals surface area (Å²) < 4.78 is 0. The lowest BCUT2D eigenvalue weighted by molar-refractivity contribution is 0.712. The number of hydrogen-bond donors (Lipinski definition) is 0. The van der Waals surface area contributed by atoms with E-state index in [0.717, 1.165) is 12.1 Å². The van der Waals surface area contributed by atoms with Crippen LogP contribution in [0.25, 0.3) is 6.08 Å². The first-order valence-corrected chi connectivity index (χ1v) is 4.39. The first-order valence-electron chi connectivity index (χ1n) is 4.39. The number of aromatic nitrogens is 1. The molecule has 62 valence electrons. The van der Waals surface area contributed by atoms with Gasteiger partial charge in [-0.15, -0.1) is 0 Å². The quantitative estimate of drug-likeness (QED) is 0.567. The highest BCUT2D eigenvalue weighted by molar-refractivity contribution is 5.53. The van der Waals surface area contributed by atoms with Crippen LogP contribution in [-0.4, -0.2) is 4.98 Å². The Bertz CT molecular complexity index is 326. The maximum Gasteiger partial charge on any atom is 0.0658 e. The molecule has 0 radical (unpaired) electrons. The van der Waals surface area contributed by atoms with Gasteiger partial charge in [-0.05, 0) is 36.5 Å². The second-order valence-electron chi connectivity index (χ2n) is 3.60. The van der Waals surface area contributed by atoms with E-state index in [9.17, 15) is 0 Å².